The summed E-state index contributed by atoms with van der Waals surface area (Å²) < 4.78 is 27.1. The van der Waals surface area contributed by atoms with E-state index in [1.807, 2.05) is 13.2 Å². The third kappa shape index (κ3) is 3.46. The lowest BCUT2D eigenvalue weighted by Gasteiger charge is -2.15. The van der Waals surface area contributed by atoms with Crippen LogP contribution in [-0.2, 0) is 10.0 Å². The summed E-state index contributed by atoms with van der Waals surface area (Å²) >= 11 is 1.63. The quantitative estimate of drug-likeness (QED) is 0.825. The number of nitrogens with zero attached hydrogens (tertiary/aromatic N) is 1. The van der Waals surface area contributed by atoms with Gasteiger partial charge < -0.3 is 0 Å². The minimum Gasteiger partial charge on any atom is -0.281 e. The molecule has 17 heavy (non-hydrogen) atoms. The van der Waals surface area contributed by atoms with Gasteiger partial charge in [0.25, 0.3) is 0 Å². The highest BCUT2D eigenvalue weighted by molar-refractivity contribution is 7.98. The second-order valence-corrected chi connectivity index (χ2v) is 6.51. The van der Waals surface area contributed by atoms with Crippen LogP contribution in [0.1, 0.15) is 24.7 Å². The lowest BCUT2D eigenvalue weighted by Crippen LogP contribution is -2.36. The maximum Gasteiger partial charge on any atom is 0.244 e. The van der Waals surface area contributed by atoms with Gasteiger partial charge in [-0.05, 0) is 26.5 Å². The van der Waals surface area contributed by atoms with Gasteiger partial charge in [0.15, 0.2) is 0 Å². The smallest absolute Gasteiger partial charge is 0.244 e. The molecular weight excluding hydrogens is 258 g/mol. The van der Waals surface area contributed by atoms with E-state index in [1.165, 1.54) is 0 Å². The van der Waals surface area contributed by atoms with Crippen molar-refractivity contribution in [3.05, 3.63) is 11.4 Å². The molecule has 0 saturated carbocycles. The Kier molecular flexibility index (Phi) is 5.03. The van der Waals surface area contributed by atoms with Crippen molar-refractivity contribution >= 4 is 21.8 Å². The molecule has 1 atom stereocenters. The SMILES string of the molecule is CCC(CSC)NS(=O)(=O)c1c(C)n[nH]c1C. The van der Waals surface area contributed by atoms with Crippen molar-refractivity contribution < 1.29 is 8.42 Å². The maximum atomic E-state index is 12.2. The van der Waals surface area contributed by atoms with Crippen LogP contribution in [0, 0.1) is 13.8 Å². The van der Waals surface area contributed by atoms with E-state index in [9.17, 15) is 8.42 Å². The molecule has 7 heteroatoms. The topological polar surface area (TPSA) is 74.8 Å². The summed E-state index contributed by atoms with van der Waals surface area (Å²) in [6.07, 6.45) is 2.74. The van der Waals surface area contributed by atoms with Crippen molar-refractivity contribution in [1.82, 2.24) is 14.9 Å². The van der Waals surface area contributed by atoms with Crippen LogP contribution in [0.2, 0.25) is 0 Å². The number of hydrogen-bond acceptors (Lipinski definition) is 4. The highest BCUT2D eigenvalue weighted by Gasteiger charge is 2.24. The summed E-state index contributed by atoms with van der Waals surface area (Å²) in [6.45, 7) is 5.37. The minimum atomic E-state index is -3.47. The van der Waals surface area contributed by atoms with E-state index in [1.54, 1.807) is 25.6 Å². The number of rotatable bonds is 6. The number of hydrogen-bond donors (Lipinski definition) is 2. The fourth-order valence-corrected chi connectivity index (χ4v) is 4.17. The van der Waals surface area contributed by atoms with Gasteiger partial charge in [0, 0.05) is 11.8 Å². The van der Waals surface area contributed by atoms with Crippen molar-refractivity contribution in [3.63, 3.8) is 0 Å². The Morgan fingerprint density at radius 2 is 2.12 bits per heavy atom. The van der Waals surface area contributed by atoms with Gasteiger partial charge in [0.05, 0.1) is 11.4 Å². The number of H-pyrrole nitrogens is 1. The molecule has 1 unspecified atom stereocenters. The molecular formula is C10H19N3O2S2. The third-order valence-corrected chi connectivity index (χ3v) is 5.03. The standard InChI is InChI=1S/C10H19N3O2S2/c1-5-9(6-16-4)13-17(14,15)10-7(2)11-12-8(10)3/h9,13H,5-6H2,1-4H3,(H,11,12). The Bertz CT molecular complexity index is 448. The molecule has 1 aromatic rings. The van der Waals surface area contributed by atoms with Crippen LogP contribution < -0.4 is 4.72 Å². The van der Waals surface area contributed by atoms with Gasteiger partial charge >= 0.3 is 0 Å². The van der Waals surface area contributed by atoms with Crippen molar-refractivity contribution in [2.75, 3.05) is 12.0 Å². The van der Waals surface area contributed by atoms with E-state index >= 15 is 0 Å². The number of nitrogens with one attached hydrogen (secondary N) is 2. The first-order valence-electron chi connectivity index (χ1n) is 5.45. The first kappa shape index (κ1) is 14.5. The van der Waals surface area contributed by atoms with Gasteiger partial charge in [-0.2, -0.15) is 16.9 Å². The lowest BCUT2D eigenvalue weighted by molar-refractivity contribution is 0.557. The summed E-state index contributed by atoms with van der Waals surface area (Å²) in [5.41, 5.74) is 1.09. The first-order chi connectivity index (χ1) is 7.92. The number of sulfonamides is 1. The van der Waals surface area contributed by atoms with E-state index in [2.05, 4.69) is 14.9 Å². The Hall–Kier alpha value is -0.530. The zero-order valence-corrected chi connectivity index (χ0v) is 12.2. The second kappa shape index (κ2) is 5.88. The van der Waals surface area contributed by atoms with Gasteiger partial charge in [-0.25, -0.2) is 13.1 Å². The summed E-state index contributed by atoms with van der Waals surface area (Å²) in [4.78, 5) is 0.275. The summed E-state index contributed by atoms with van der Waals surface area (Å²) in [5.74, 6) is 0.770. The molecule has 98 valence electrons. The van der Waals surface area contributed by atoms with Gasteiger partial charge in [-0.15, -0.1) is 0 Å². The van der Waals surface area contributed by atoms with E-state index in [0.717, 1.165) is 12.2 Å². The molecule has 0 aliphatic heterocycles. The van der Waals surface area contributed by atoms with Crippen LogP contribution in [0.25, 0.3) is 0 Å². The minimum absolute atomic E-state index is 0.0382. The molecule has 0 bridgehead atoms. The Morgan fingerprint density at radius 3 is 2.53 bits per heavy atom. The van der Waals surface area contributed by atoms with E-state index in [4.69, 9.17) is 0 Å². The number of thioether (sulfide) groups is 1. The molecule has 0 radical (unpaired) electrons. The zero-order valence-electron chi connectivity index (χ0n) is 10.6. The summed E-state index contributed by atoms with van der Waals surface area (Å²) in [7, 11) is -3.47. The van der Waals surface area contributed by atoms with Crippen LogP contribution in [0.3, 0.4) is 0 Å². The molecule has 0 spiro atoms. The molecule has 5 nitrogen and oxygen atoms in total. The molecule has 0 aliphatic carbocycles. The van der Waals surface area contributed by atoms with Crippen LogP contribution >= 0.6 is 11.8 Å². The zero-order chi connectivity index (χ0) is 13.1. The third-order valence-electron chi connectivity index (χ3n) is 2.51. The van der Waals surface area contributed by atoms with Crippen LogP contribution in [-0.4, -0.2) is 36.7 Å². The van der Waals surface area contributed by atoms with Gasteiger partial charge in [-0.1, -0.05) is 6.92 Å². The molecule has 0 amide bonds. The van der Waals surface area contributed by atoms with Crippen molar-refractivity contribution in [2.45, 2.75) is 38.1 Å². The fraction of sp³-hybridized carbons (Fsp3) is 0.700. The maximum absolute atomic E-state index is 12.2. The highest BCUT2D eigenvalue weighted by atomic mass is 32.2. The number of aryl methyl sites for hydroxylation is 2. The van der Waals surface area contributed by atoms with E-state index < -0.39 is 10.0 Å². The van der Waals surface area contributed by atoms with Gasteiger partial charge in [0.1, 0.15) is 4.90 Å². The normalized spacial score (nSPS) is 13.9. The lowest BCUT2D eigenvalue weighted by atomic mass is 10.3. The summed E-state index contributed by atoms with van der Waals surface area (Å²) in [6, 6.07) is -0.0382. The molecule has 1 rings (SSSR count). The Labute approximate surface area is 107 Å². The van der Waals surface area contributed by atoms with Gasteiger partial charge in [0.2, 0.25) is 10.0 Å². The fourth-order valence-electron chi connectivity index (χ4n) is 1.65. The van der Waals surface area contributed by atoms with Gasteiger partial charge in [-0.3, -0.25) is 5.10 Å². The predicted molar refractivity (Wildman–Crippen MR) is 70.8 cm³/mol. The molecule has 1 heterocycles. The van der Waals surface area contributed by atoms with Crippen molar-refractivity contribution in [3.8, 4) is 0 Å². The monoisotopic (exact) mass is 277 g/mol. The molecule has 0 aromatic carbocycles. The van der Waals surface area contributed by atoms with Crippen LogP contribution in [0.15, 0.2) is 4.90 Å². The Morgan fingerprint density at radius 1 is 1.47 bits per heavy atom. The van der Waals surface area contributed by atoms with Crippen LogP contribution in [0.5, 0.6) is 0 Å². The second-order valence-electron chi connectivity index (χ2n) is 3.94. The van der Waals surface area contributed by atoms with Crippen LogP contribution in [0.4, 0.5) is 0 Å². The first-order valence-corrected chi connectivity index (χ1v) is 8.33. The Balaban J connectivity index is 2.96. The largest absolute Gasteiger partial charge is 0.281 e. The molecule has 0 saturated heterocycles. The van der Waals surface area contributed by atoms with E-state index in [0.29, 0.717) is 11.4 Å². The van der Waals surface area contributed by atoms with Crippen molar-refractivity contribution in [2.24, 2.45) is 0 Å². The van der Waals surface area contributed by atoms with Crippen molar-refractivity contribution in [1.29, 1.82) is 0 Å². The molecule has 0 aliphatic rings. The van der Waals surface area contributed by atoms with E-state index in [-0.39, 0.29) is 10.9 Å². The highest BCUT2D eigenvalue weighted by Crippen LogP contribution is 2.17. The average molecular weight is 277 g/mol. The number of aromatic nitrogens is 2. The molecule has 0 fully saturated rings. The predicted octanol–water partition coefficient (Wildman–Crippen LogP) is 1.45. The molecule has 2 N–H and O–H groups in total. The summed E-state index contributed by atoms with van der Waals surface area (Å²) in [5, 5.41) is 6.60. The average Bonchev–Trinajstić information content (AvgIpc) is 2.58. The number of aromatic amines is 1. The molecule has 1 aromatic heterocycles.